The summed E-state index contributed by atoms with van der Waals surface area (Å²) < 4.78 is 0. The Hall–Kier alpha value is -1.26. The van der Waals surface area contributed by atoms with E-state index in [2.05, 4.69) is 19.2 Å². The molecule has 0 unspecified atom stereocenters. The van der Waals surface area contributed by atoms with Crippen molar-refractivity contribution in [3.05, 3.63) is 23.3 Å². The molecule has 0 amide bonds. The van der Waals surface area contributed by atoms with Gasteiger partial charge in [-0.1, -0.05) is 19.9 Å². The third-order valence-corrected chi connectivity index (χ3v) is 3.32. The quantitative estimate of drug-likeness (QED) is 0.461. The van der Waals surface area contributed by atoms with E-state index in [4.69, 9.17) is 5.73 Å². The van der Waals surface area contributed by atoms with Crippen molar-refractivity contribution in [1.29, 1.82) is 0 Å². The molecule has 0 saturated carbocycles. The Morgan fingerprint density at radius 1 is 1.41 bits per heavy atom. The van der Waals surface area contributed by atoms with Crippen molar-refractivity contribution in [2.24, 2.45) is 0 Å². The Labute approximate surface area is 101 Å². The van der Waals surface area contributed by atoms with Crippen LogP contribution in [0.15, 0.2) is 12.1 Å². The van der Waals surface area contributed by atoms with E-state index in [1.807, 2.05) is 0 Å². The minimum Gasteiger partial charge on any atom is -0.506 e. The number of benzene rings is 1. The van der Waals surface area contributed by atoms with Gasteiger partial charge in [0.05, 0.1) is 11.8 Å². The second-order valence-corrected chi connectivity index (χ2v) is 4.98. The summed E-state index contributed by atoms with van der Waals surface area (Å²) in [4.78, 5) is 0. The zero-order valence-corrected chi connectivity index (χ0v) is 10.3. The summed E-state index contributed by atoms with van der Waals surface area (Å²) in [5.74, 6) is 0.103. The summed E-state index contributed by atoms with van der Waals surface area (Å²) in [7, 11) is 0. The van der Waals surface area contributed by atoms with E-state index in [0.717, 1.165) is 24.0 Å². The van der Waals surface area contributed by atoms with Crippen LogP contribution < -0.4 is 11.1 Å². The number of nitrogens with two attached hydrogens (primary N) is 1. The lowest BCUT2D eigenvalue weighted by molar-refractivity contribution is 0.110. The number of aliphatic hydroxyl groups is 1. The van der Waals surface area contributed by atoms with Gasteiger partial charge < -0.3 is 21.3 Å². The molecule has 0 bridgehead atoms. The molecule has 1 aromatic carbocycles. The maximum atomic E-state index is 10.3. The Morgan fingerprint density at radius 2 is 2.12 bits per heavy atom. The molecule has 0 aromatic heterocycles. The predicted octanol–water partition coefficient (Wildman–Crippen LogP) is 1.32. The Kier molecular flexibility index (Phi) is 3.26. The number of fused-ring (bicyclic) bond motifs is 1. The van der Waals surface area contributed by atoms with Gasteiger partial charge in [0.2, 0.25) is 0 Å². The van der Waals surface area contributed by atoms with Gasteiger partial charge in [-0.25, -0.2) is 0 Å². The molecular weight excluding hydrogens is 216 g/mol. The number of nitrogen functional groups attached to an aromatic ring is 1. The first-order valence-corrected chi connectivity index (χ1v) is 6.05. The molecule has 1 aromatic rings. The van der Waals surface area contributed by atoms with Crippen LogP contribution in [0.5, 0.6) is 5.75 Å². The van der Waals surface area contributed by atoms with Gasteiger partial charge in [-0.05, 0) is 30.0 Å². The smallest absolute Gasteiger partial charge is 0.138 e. The van der Waals surface area contributed by atoms with Crippen LogP contribution in [-0.4, -0.2) is 22.3 Å². The third-order valence-electron chi connectivity index (χ3n) is 3.32. The lowest BCUT2D eigenvalue weighted by atomic mass is 9.84. The molecule has 4 nitrogen and oxygen atoms in total. The van der Waals surface area contributed by atoms with E-state index in [9.17, 15) is 10.2 Å². The molecule has 0 saturated heterocycles. The van der Waals surface area contributed by atoms with Crippen molar-refractivity contribution < 1.29 is 10.2 Å². The minimum atomic E-state index is -0.552. The summed E-state index contributed by atoms with van der Waals surface area (Å²) in [6.45, 7) is 4.13. The van der Waals surface area contributed by atoms with Gasteiger partial charge in [-0.2, -0.15) is 0 Å². The molecule has 4 heteroatoms. The first-order chi connectivity index (χ1) is 8.00. The molecule has 94 valence electrons. The molecule has 2 atom stereocenters. The first-order valence-electron chi connectivity index (χ1n) is 6.05. The molecule has 0 fully saturated rings. The molecule has 17 heavy (non-hydrogen) atoms. The lowest BCUT2D eigenvalue weighted by Crippen LogP contribution is -2.42. The van der Waals surface area contributed by atoms with Crippen LogP contribution in [0.25, 0.3) is 0 Å². The standard InChI is InChI=1S/C13H20N2O2/c1-7(2)15-10-5-3-8-9(13(10)17)4-6-11(16)12(8)14/h4,6-7,10,13,15-17H,3,5,14H2,1-2H3/t10-,13-/m0/s1. The highest BCUT2D eigenvalue weighted by Gasteiger charge is 2.29. The molecule has 2 rings (SSSR count). The maximum Gasteiger partial charge on any atom is 0.138 e. The Bertz CT molecular complexity index is 418. The first kappa shape index (κ1) is 12.2. The highest BCUT2D eigenvalue weighted by molar-refractivity contribution is 5.62. The van der Waals surface area contributed by atoms with E-state index in [1.54, 1.807) is 12.1 Å². The Morgan fingerprint density at radius 3 is 2.76 bits per heavy atom. The van der Waals surface area contributed by atoms with Crippen molar-refractivity contribution >= 4 is 5.69 Å². The van der Waals surface area contributed by atoms with Crippen LogP contribution in [0.1, 0.15) is 37.5 Å². The highest BCUT2D eigenvalue weighted by Crippen LogP contribution is 2.37. The number of aromatic hydroxyl groups is 1. The summed E-state index contributed by atoms with van der Waals surface area (Å²) in [6, 6.07) is 3.71. The molecule has 1 aliphatic carbocycles. The highest BCUT2D eigenvalue weighted by atomic mass is 16.3. The molecule has 5 N–H and O–H groups in total. The van der Waals surface area contributed by atoms with Crippen LogP contribution >= 0.6 is 0 Å². The fraction of sp³-hybridized carbons (Fsp3) is 0.538. The van der Waals surface area contributed by atoms with Crippen LogP contribution in [0.3, 0.4) is 0 Å². The normalized spacial score (nSPS) is 23.8. The molecular formula is C13H20N2O2. The van der Waals surface area contributed by atoms with Gasteiger partial charge in [-0.3, -0.25) is 0 Å². The van der Waals surface area contributed by atoms with Gasteiger partial charge in [0.25, 0.3) is 0 Å². The van der Waals surface area contributed by atoms with Crippen molar-refractivity contribution in [2.75, 3.05) is 5.73 Å². The topological polar surface area (TPSA) is 78.5 Å². The minimum absolute atomic E-state index is 0.0615. The van der Waals surface area contributed by atoms with Gasteiger partial charge in [-0.15, -0.1) is 0 Å². The van der Waals surface area contributed by atoms with E-state index in [-0.39, 0.29) is 11.8 Å². The predicted molar refractivity (Wildman–Crippen MR) is 67.9 cm³/mol. The van der Waals surface area contributed by atoms with Gasteiger partial charge >= 0.3 is 0 Å². The van der Waals surface area contributed by atoms with Gasteiger partial charge in [0, 0.05) is 12.1 Å². The van der Waals surface area contributed by atoms with Crippen molar-refractivity contribution in [2.45, 2.75) is 44.9 Å². The zero-order valence-electron chi connectivity index (χ0n) is 10.3. The number of hydrogen-bond donors (Lipinski definition) is 4. The molecule has 1 aliphatic rings. The number of phenols is 1. The van der Waals surface area contributed by atoms with E-state index < -0.39 is 6.10 Å². The van der Waals surface area contributed by atoms with Gasteiger partial charge in [0.1, 0.15) is 5.75 Å². The molecule has 0 spiro atoms. The second kappa shape index (κ2) is 4.55. The molecule has 0 heterocycles. The van der Waals surface area contributed by atoms with Crippen molar-refractivity contribution in [3.8, 4) is 5.75 Å². The van der Waals surface area contributed by atoms with Crippen LogP contribution in [-0.2, 0) is 6.42 Å². The SMILES string of the molecule is CC(C)N[C@H]1CCc2c(ccc(O)c2N)[C@@H]1O. The Balaban J connectivity index is 2.30. The van der Waals surface area contributed by atoms with Crippen molar-refractivity contribution in [1.82, 2.24) is 5.32 Å². The fourth-order valence-corrected chi connectivity index (χ4v) is 2.50. The van der Waals surface area contributed by atoms with Crippen LogP contribution in [0.4, 0.5) is 5.69 Å². The number of aliphatic hydroxyl groups excluding tert-OH is 1. The van der Waals surface area contributed by atoms with Crippen LogP contribution in [0, 0.1) is 0 Å². The van der Waals surface area contributed by atoms with E-state index in [0.29, 0.717) is 11.7 Å². The monoisotopic (exact) mass is 236 g/mol. The van der Waals surface area contributed by atoms with Crippen molar-refractivity contribution in [3.63, 3.8) is 0 Å². The number of phenolic OH excluding ortho intramolecular Hbond substituents is 1. The lowest BCUT2D eigenvalue weighted by Gasteiger charge is -2.33. The zero-order chi connectivity index (χ0) is 12.6. The molecule has 0 radical (unpaired) electrons. The number of hydrogen-bond acceptors (Lipinski definition) is 4. The average molecular weight is 236 g/mol. The van der Waals surface area contributed by atoms with E-state index in [1.165, 1.54) is 0 Å². The largest absolute Gasteiger partial charge is 0.506 e. The maximum absolute atomic E-state index is 10.3. The fourth-order valence-electron chi connectivity index (χ4n) is 2.50. The molecule has 0 aliphatic heterocycles. The summed E-state index contributed by atoms with van der Waals surface area (Å²) in [6.07, 6.45) is 1.07. The average Bonchev–Trinajstić information content (AvgIpc) is 2.27. The van der Waals surface area contributed by atoms with E-state index >= 15 is 0 Å². The van der Waals surface area contributed by atoms with Crippen LogP contribution in [0.2, 0.25) is 0 Å². The second-order valence-electron chi connectivity index (χ2n) is 4.98. The third kappa shape index (κ3) is 2.23. The summed E-state index contributed by atoms with van der Waals surface area (Å²) in [5, 5.41) is 23.2. The summed E-state index contributed by atoms with van der Waals surface area (Å²) in [5.41, 5.74) is 7.96. The number of anilines is 1. The summed E-state index contributed by atoms with van der Waals surface area (Å²) >= 11 is 0. The number of nitrogens with one attached hydrogen (secondary N) is 1. The van der Waals surface area contributed by atoms with Gasteiger partial charge in [0.15, 0.2) is 0 Å². The number of rotatable bonds is 2.